The number of nitrogens with one attached hydrogen (secondary N) is 3. The fourth-order valence-corrected chi connectivity index (χ4v) is 5.18. The smallest absolute Gasteiger partial charge is 0.234 e. The van der Waals surface area contributed by atoms with Crippen LogP contribution in [0.15, 0.2) is 29.4 Å². The Hall–Kier alpha value is -2.85. The van der Waals surface area contributed by atoms with Gasteiger partial charge in [0.2, 0.25) is 11.7 Å². The molecule has 1 aromatic heterocycles. The first-order chi connectivity index (χ1) is 15.9. The van der Waals surface area contributed by atoms with Crippen LogP contribution >= 0.6 is 11.3 Å². The molecule has 5 N–H and O–H groups in total. The van der Waals surface area contributed by atoms with Crippen molar-refractivity contribution in [1.29, 1.82) is 0 Å². The molecule has 1 aliphatic rings. The molecule has 2 aromatic rings. The highest BCUT2D eigenvalue weighted by Crippen LogP contribution is 2.29. The summed E-state index contributed by atoms with van der Waals surface area (Å²) in [6.07, 6.45) is 6.94. The zero-order valence-corrected chi connectivity index (χ0v) is 19.7. The lowest BCUT2D eigenvalue weighted by Gasteiger charge is -2.36. The predicted octanol–water partition coefficient (Wildman–Crippen LogP) is 2.12. The number of hydrogen-bond donors (Lipinski definition) is 4. The van der Waals surface area contributed by atoms with Gasteiger partial charge in [-0.1, -0.05) is 31.4 Å². The quantitative estimate of drug-likeness (QED) is 0.0927. The van der Waals surface area contributed by atoms with Crippen molar-refractivity contribution in [3.05, 3.63) is 29.3 Å². The molecule has 1 atom stereocenters. The molecule has 0 aliphatic heterocycles. The summed E-state index contributed by atoms with van der Waals surface area (Å²) in [5.41, 5.74) is 0.118. The number of Topliss-reactive ketones (excluding diaryl/α,β-unsaturated/α-hetero) is 2. The standard InChI is InChI=1S/C23H32N6O3S/c1-16(30)23(11-5-2-6-12-23)26-14-20(31)28-18(9-7-13-25-15-27-24)21(32)22-29-17-8-3-4-10-19(17)33-22/h3-4,8,10,15,18,26H,2,5-7,9,11-14,24H2,1H3,(H,25,27)(H,28,31). The van der Waals surface area contributed by atoms with E-state index in [0.29, 0.717) is 24.4 Å². The van der Waals surface area contributed by atoms with E-state index in [0.717, 1.165) is 42.3 Å². The van der Waals surface area contributed by atoms with Crippen molar-refractivity contribution in [3.63, 3.8) is 0 Å². The van der Waals surface area contributed by atoms with Crippen LogP contribution in [0.1, 0.15) is 61.7 Å². The molecule has 0 spiro atoms. The van der Waals surface area contributed by atoms with Crippen LogP contribution in [0.2, 0.25) is 0 Å². The number of nitrogens with zero attached hydrogens (tertiary/aromatic N) is 2. The van der Waals surface area contributed by atoms with Crippen molar-refractivity contribution in [3.8, 4) is 0 Å². The minimum absolute atomic E-state index is 0.0126. The number of nitrogens with two attached hydrogens (primary N) is 1. The number of fused-ring (bicyclic) bond motifs is 1. The molecule has 0 bridgehead atoms. The maximum atomic E-state index is 13.2. The molecule has 1 aromatic carbocycles. The summed E-state index contributed by atoms with van der Waals surface area (Å²) in [7, 11) is 0. The number of hydrazone groups is 1. The highest BCUT2D eigenvalue weighted by molar-refractivity contribution is 7.20. The van der Waals surface area contributed by atoms with Crippen LogP contribution in [0.3, 0.4) is 0 Å². The van der Waals surface area contributed by atoms with E-state index < -0.39 is 11.6 Å². The number of para-hydroxylation sites is 1. The van der Waals surface area contributed by atoms with Crippen LogP contribution in [0.4, 0.5) is 0 Å². The minimum atomic E-state index is -0.712. The predicted molar refractivity (Wildman–Crippen MR) is 130 cm³/mol. The molecule has 1 aliphatic carbocycles. The molecule has 1 heterocycles. The number of benzene rings is 1. The average molecular weight is 473 g/mol. The molecule has 1 unspecified atom stereocenters. The van der Waals surface area contributed by atoms with Crippen LogP contribution in [0, 0.1) is 0 Å². The van der Waals surface area contributed by atoms with Crippen molar-refractivity contribution in [1.82, 2.24) is 20.9 Å². The Morgan fingerprint density at radius 3 is 2.70 bits per heavy atom. The van der Waals surface area contributed by atoms with Gasteiger partial charge in [0.05, 0.1) is 28.3 Å². The second-order valence-electron chi connectivity index (χ2n) is 8.40. The molecule has 9 nitrogen and oxygen atoms in total. The van der Waals surface area contributed by atoms with Gasteiger partial charge in [0.15, 0.2) is 5.01 Å². The largest absolute Gasteiger partial charge is 0.375 e. The number of hydrogen-bond acceptors (Lipinski definition) is 8. The Morgan fingerprint density at radius 2 is 2.00 bits per heavy atom. The third-order valence-electron chi connectivity index (χ3n) is 6.10. The third kappa shape index (κ3) is 6.58. The third-order valence-corrected chi connectivity index (χ3v) is 7.16. The van der Waals surface area contributed by atoms with Crippen LogP contribution in [-0.4, -0.2) is 53.5 Å². The molecule has 0 radical (unpaired) electrons. The van der Waals surface area contributed by atoms with Crippen molar-refractivity contribution >= 4 is 45.4 Å². The van der Waals surface area contributed by atoms with Crippen LogP contribution in [-0.2, 0) is 9.59 Å². The second kappa shape index (κ2) is 11.9. The lowest BCUT2D eigenvalue weighted by Crippen LogP contribution is -2.56. The lowest BCUT2D eigenvalue weighted by molar-refractivity contribution is -0.126. The summed E-state index contributed by atoms with van der Waals surface area (Å²) in [6.45, 7) is 2.13. The minimum Gasteiger partial charge on any atom is -0.375 e. The van der Waals surface area contributed by atoms with Gasteiger partial charge in [-0.05, 0) is 44.7 Å². The maximum absolute atomic E-state index is 13.2. The van der Waals surface area contributed by atoms with Crippen LogP contribution in [0.25, 0.3) is 10.2 Å². The van der Waals surface area contributed by atoms with Crippen LogP contribution in [0.5, 0.6) is 0 Å². The number of carbonyl (C=O) groups is 3. The van der Waals surface area contributed by atoms with Crippen molar-refractivity contribution in [2.24, 2.45) is 10.9 Å². The molecule has 178 valence electrons. The zero-order chi connectivity index (χ0) is 23.7. The summed E-state index contributed by atoms with van der Waals surface area (Å²) >= 11 is 1.32. The second-order valence-corrected chi connectivity index (χ2v) is 9.43. The van der Waals surface area contributed by atoms with Gasteiger partial charge in [-0.2, -0.15) is 5.10 Å². The van der Waals surface area contributed by atoms with Gasteiger partial charge in [0.25, 0.3) is 0 Å². The van der Waals surface area contributed by atoms with E-state index in [-0.39, 0.29) is 24.0 Å². The number of amides is 1. The summed E-state index contributed by atoms with van der Waals surface area (Å²) in [4.78, 5) is 42.8. The number of ketones is 2. The summed E-state index contributed by atoms with van der Waals surface area (Å²) in [5.74, 6) is 4.62. The van der Waals surface area contributed by atoms with Gasteiger partial charge in [0.1, 0.15) is 12.1 Å². The first-order valence-electron chi connectivity index (χ1n) is 11.4. The van der Waals surface area contributed by atoms with E-state index in [4.69, 9.17) is 5.84 Å². The molecule has 3 rings (SSSR count). The molecule has 1 saturated carbocycles. The Kier molecular flexibility index (Phi) is 8.90. The first-order valence-corrected chi connectivity index (χ1v) is 12.2. The van der Waals surface area contributed by atoms with Gasteiger partial charge in [0, 0.05) is 6.54 Å². The van der Waals surface area contributed by atoms with Gasteiger partial charge in [-0.15, -0.1) is 11.3 Å². The fraction of sp³-hybridized carbons (Fsp3) is 0.522. The normalized spacial score (nSPS) is 16.5. The summed E-state index contributed by atoms with van der Waals surface area (Å²) < 4.78 is 0.925. The number of carbonyl (C=O) groups excluding carboxylic acids is 3. The Bertz CT molecular complexity index is 966. The molecule has 0 saturated heterocycles. The molecular weight excluding hydrogens is 440 g/mol. The van der Waals surface area contributed by atoms with Gasteiger partial charge in [-0.25, -0.2) is 4.98 Å². The van der Waals surface area contributed by atoms with Crippen LogP contribution < -0.4 is 21.8 Å². The van der Waals surface area contributed by atoms with E-state index >= 15 is 0 Å². The number of aromatic nitrogens is 1. The summed E-state index contributed by atoms with van der Waals surface area (Å²) in [6, 6.07) is 6.85. The molecule has 1 amide bonds. The molecule has 1 fully saturated rings. The topological polar surface area (TPSA) is 139 Å². The molecular formula is C23H32N6O3S. The lowest BCUT2D eigenvalue weighted by atomic mass is 9.79. The summed E-state index contributed by atoms with van der Waals surface area (Å²) in [5, 5.41) is 12.7. The number of rotatable bonds is 12. The van der Waals surface area contributed by atoms with Crippen molar-refractivity contribution < 1.29 is 14.4 Å². The van der Waals surface area contributed by atoms with E-state index in [2.05, 4.69) is 26.0 Å². The average Bonchev–Trinajstić information content (AvgIpc) is 3.26. The Labute approximate surface area is 197 Å². The Balaban J connectivity index is 1.66. The fourth-order valence-electron chi connectivity index (χ4n) is 4.22. The van der Waals surface area contributed by atoms with Crippen molar-refractivity contribution in [2.75, 3.05) is 13.1 Å². The van der Waals surface area contributed by atoms with Gasteiger partial charge >= 0.3 is 0 Å². The van der Waals surface area contributed by atoms with E-state index in [1.165, 1.54) is 17.7 Å². The molecule has 33 heavy (non-hydrogen) atoms. The highest BCUT2D eigenvalue weighted by Gasteiger charge is 2.36. The number of thiazole rings is 1. The first kappa shape index (κ1) is 24.8. The van der Waals surface area contributed by atoms with E-state index in [9.17, 15) is 14.4 Å². The highest BCUT2D eigenvalue weighted by atomic mass is 32.1. The van der Waals surface area contributed by atoms with Gasteiger partial charge in [-0.3, -0.25) is 19.7 Å². The van der Waals surface area contributed by atoms with Gasteiger partial charge < -0.3 is 16.5 Å². The maximum Gasteiger partial charge on any atom is 0.234 e. The zero-order valence-electron chi connectivity index (χ0n) is 18.9. The van der Waals surface area contributed by atoms with E-state index in [1.54, 1.807) is 6.92 Å². The van der Waals surface area contributed by atoms with Crippen molar-refractivity contribution in [2.45, 2.75) is 63.5 Å². The monoisotopic (exact) mass is 472 g/mol. The SMILES string of the molecule is CC(=O)C1(NCC(=O)NC(CCCNC=NN)C(=O)c2nc3ccccc3s2)CCCCC1. The Morgan fingerprint density at radius 1 is 1.24 bits per heavy atom. The molecule has 10 heteroatoms. The van der Waals surface area contributed by atoms with E-state index in [1.807, 2.05) is 24.3 Å².